The number of nitrogens with zero attached hydrogens (tertiary/aromatic N) is 3. The zero-order chi connectivity index (χ0) is 41.2. The molecular formula is C45H44N4O7S2. The van der Waals surface area contributed by atoms with Crippen LogP contribution in [-0.2, 0) is 36.6 Å². The van der Waals surface area contributed by atoms with E-state index in [0.717, 1.165) is 27.8 Å². The lowest BCUT2D eigenvalue weighted by Crippen LogP contribution is -2.73. The van der Waals surface area contributed by atoms with Gasteiger partial charge in [0.05, 0.1) is 24.1 Å². The van der Waals surface area contributed by atoms with Crippen molar-refractivity contribution < 1.29 is 32.1 Å². The van der Waals surface area contributed by atoms with Crippen LogP contribution in [0.25, 0.3) is 0 Å². The number of ether oxygens (including phenoxy) is 1. The number of hydrogen-bond donors (Lipinski definition) is 2. The van der Waals surface area contributed by atoms with Gasteiger partial charge in [0.15, 0.2) is 0 Å². The first-order chi connectivity index (χ1) is 27.7. The molecule has 0 aromatic heterocycles. The summed E-state index contributed by atoms with van der Waals surface area (Å²) in [5, 5.41) is 3.61. The van der Waals surface area contributed by atoms with Crippen molar-refractivity contribution >= 4 is 45.4 Å². The molecule has 5 aromatic carbocycles. The predicted octanol–water partition coefficient (Wildman–Crippen LogP) is 6.61. The van der Waals surface area contributed by atoms with E-state index in [-0.39, 0.29) is 35.0 Å². The second kappa shape index (κ2) is 16.3. The number of amidine groups is 1. The van der Waals surface area contributed by atoms with Crippen molar-refractivity contribution in [3.05, 3.63) is 167 Å². The van der Waals surface area contributed by atoms with Gasteiger partial charge in [-0.05, 0) is 67.3 Å². The predicted molar refractivity (Wildman–Crippen MR) is 224 cm³/mol. The van der Waals surface area contributed by atoms with E-state index in [1.807, 2.05) is 90.7 Å². The third kappa shape index (κ3) is 7.95. The van der Waals surface area contributed by atoms with Gasteiger partial charge in [-0.3, -0.25) is 29.2 Å². The maximum absolute atomic E-state index is 14.4. The van der Waals surface area contributed by atoms with Crippen molar-refractivity contribution in [2.45, 2.75) is 66.4 Å². The molecule has 0 aliphatic carbocycles. The van der Waals surface area contributed by atoms with Crippen LogP contribution in [0.3, 0.4) is 0 Å². The van der Waals surface area contributed by atoms with Crippen LogP contribution in [0.5, 0.6) is 5.75 Å². The Balaban J connectivity index is 0.000000404. The number of hydrogen-bond acceptors (Lipinski definition) is 8. The largest absolute Gasteiger partial charge is 0.497 e. The van der Waals surface area contributed by atoms with E-state index in [4.69, 9.17) is 9.29 Å². The fraction of sp³-hybridized carbons (Fsp3) is 0.244. The smallest absolute Gasteiger partial charge is 0.294 e. The highest BCUT2D eigenvalue weighted by Crippen LogP contribution is 2.53. The number of benzene rings is 5. The normalized spacial score (nSPS) is 20.1. The highest BCUT2D eigenvalue weighted by molar-refractivity contribution is 8.01. The molecule has 2 N–H and O–H groups in total. The quantitative estimate of drug-likeness (QED) is 0.0689. The molecule has 2 fully saturated rings. The van der Waals surface area contributed by atoms with E-state index in [1.54, 1.807) is 35.9 Å². The fourth-order valence-corrected chi connectivity index (χ4v) is 9.90. The van der Waals surface area contributed by atoms with Crippen LogP contribution in [-0.4, -0.2) is 75.6 Å². The average Bonchev–Trinajstić information content (AvgIpc) is 3.47. The lowest BCUT2D eigenvalue weighted by molar-refractivity contribution is -0.148. The molecule has 8 rings (SSSR count). The van der Waals surface area contributed by atoms with Crippen LogP contribution in [0.2, 0.25) is 0 Å². The summed E-state index contributed by atoms with van der Waals surface area (Å²) in [5.74, 6) is 0.136. The molecule has 5 aromatic rings. The van der Waals surface area contributed by atoms with Crippen molar-refractivity contribution in [3.8, 4) is 5.75 Å². The Morgan fingerprint density at radius 3 is 1.81 bits per heavy atom. The first-order valence-electron chi connectivity index (χ1n) is 18.8. The summed E-state index contributed by atoms with van der Waals surface area (Å²) in [7, 11) is -2.42. The first kappa shape index (κ1) is 40.6. The van der Waals surface area contributed by atoms with Gasteiger partial charge in [-0.1, -0.05) is 121 Å². The Kier molecular flexibility index (Phi) is 11.4. The molecule has 2 unspecified atom stereocenters. The number of amides is 3. The first-order valence-corrected chi connectivity index (χ1v) is 21.1. The Morgan fingerprint density at radius 1 is 0.810 bits per heavy atom. The van der Waals surface area contributed by atoms with E-state index < -0.39 is 38.4 Å². The van der Waals surface area contributed by atoms with Crippen LogP contribution in [0.15, 0.2) is 149 Å². The van der Waals surface area contributed by atoms with Gasteiger partial charge >= 0.3 is 0 Å². The maximum Gasteiger partial charge on any atom is 0.294 e. The lowest BCUT2D eigenvalue weighted by Gasteiger charge is -2.50. The molecule has 3 atom stereocenters. The number of β-lactam (4-membered cyclic amide) rings is 1. The highest BCUT2D eigenvalue weighted by Gasteiger charge is 2.65. The number of aliphatic imine (C=N–C) groups is 1. The summed E-state index contributed by atoms with van der Waals surface area (Å²) >= 11 is 1.67. The molecule has 2 saturated heterocycles. The van der Waals surface area contributed by atoms with E-state index >= 15 is 0 Å². The summed E-state index contributed by atoms with van der Waals surface area (Å²) in [6, 6.07) is 42.9. The molecule has 0 radical (unpaired) electrons. The monoisotopic (exact) mass is 816 g/mol. The van der Waals surface area contributed by atoms with Crippen molar-refractivity contribution in [1.29, 1.82) is 0 Å². The lowest BCUT2D eigenvalue weighted by atomic mass is 9.76. The van der Waals surface area contributed by atoms with Crippen molar-refractivity contribution in [2.24, 2.45) is 4.99 Å². The number of nitrogens with one attached hydrogen (secondary N) is 1. The number of carbonyl (C=O) groups excluding carboxylic acids is 3. The molecule has 3 aliphatic heterocycles. The molecule has 0 spiro atoms. The molecule has 3 heterocycles. The van der Waals surface area contributed by atoms with Gasteiger partial charge in [-0.15, -0.1) is 11.8 Å². The Bertz CT molecular complexity index is 2330. The van der Waals surface area contributed by atoms with Crippen LogP contribution in [0.1, 0.15) is 48.1 Å². The summed E-state index contributed by atoms with van der Waals surface area (Å²) < 4.78 is 34.3. The molecular weight excluding hydrogens is 773 g/mol. The minimum atomic E-state index is -4.02. The number of fused-ring (bicyclic) bond motifs is 1. The zero-order valence-electron chi connectivity index (χ0n) is 32.5. The van der Waals surface area contributed by atoms with Crippen LogP contribution in [0.4, 0.5) is 0 Å². The van der Waals surface area contributed by atoms with E-state index in [9.17, 15) is 22.8 Å². The number of thioether (sulfide) groups is 1. The van der Waals surface area contributed by atoms with Gasteiger partial charge in [-0.25, -0.2) is 0 Å². The van der Waals surface area contributed by atoms with Gasteiger partial charge in [-0.2, -0.15) is 13.4 Å². The van der Waals surface area contributed by atoms with E-state index in [0.29, 0.717) is 11.6 Å². The second-order valence-electron chi connectivity index (χ2n) is 14.9. The summed E-state index contributed by atoms with van der Waals surface area (Å²) in [6.07, 6.45) is -0.296. The van der Waals surface area contributed by atoms with Crippen LogP contribution < -0.4 is 10.1 Å². The van der Waals surface area contributed by atoms with E-state index in [2.05, 4.69) is 60.6 Å². The van der Waals surface area contributed by atoms with Gasteiger partial charge in [0.25, 0.3) is 16.0 Å². The Labute approximate surface area is 342 Å². The minimum absolute atomic E-state index is 0.0666. The number of carbonyl (C=O) groups is 3. The topological polar surface area (TPSA) is 146 Å². The Morgan fingerprint density at radius 2 is 1.33 bits per heavy atom. The molecule has 298 valence electrons. The minimum Gasteiger partial charge on any atom is -0.497 e. The van der Waals surface area contributed by atoms with Gasteiger partial charge in [0, 0.05) is 4.75 Å². The number of methoxy groups -OCH3 is 1. The SMILES string of the molecule is COc1ccc(CN2C(=O)CC(=O)N=C2C2N3C(=O)C(NC(c4ccccc4)(c4ccccc4)c4ccccc4)[C@@H]3SC2(C)C)cc1.Cc1ccc(S(=O)(=O)O)cc1. The van der Waals surface area contributed by atoms with Crippen molar-refractivity contribution in [2.75, 3.05) is 7.11 Å². The fourth-order valence-electron chi connectivity index (χ4n) is 7.79. The van der Waals surface area contributed by atoms with Crippen molar-refractivity contribution in [3.63, 3.8) is 0 Å². The summed E-state index contributed by atoms with van der Waals surface area (Å²) in [6.45, 7) is 6.19. The average molecular weight is 817 g/mol. The summed E-state index contributed by atoms with van der Waals surface area (Å²) in [4.78, 5) is 48.4. The molecule has 3 amide bonds. The standard InChI is InChI=1S/C38H36N4O4S.C7H8O3S/c1-37(2)33(34-39-30(43)23-31(44)41(34)24-25-19-21-29(46-3)22-20-25)42-35(45)32(36(42)47-37)40-38(26-13-7-4-8-14-26,27-15-9-5-10-16-27)28-17-11-6-12-18-28;1-6-2-4-7(5-3-6)11(8,9)10/h4-22,32-33,36,40H,23-24H2,1-3H3;2-5H,1H3,(H,8,9,10)/t32?,33?,36-;/m0./s1. The Hall–Kier alpha value is -5.60. The molecule has 0 bridgehead atoms. The highest BCUT2D eigenvalue weighted by atomic mass is 32.2. The van der Waals surface area contributed by atoms with Gasteiger partial charge in [0.2, 0.25) is 11.8 Å². The third-order valence-corrected chi connectivity index (χ3v) is 13.1. The second-order valence-corrected chi connectivity index (χ2v) is 18.1. The molecule has 13 heteroatoms. The number of rotatable bonds is 10. The molecule has 0 saturated carbocycles. The molecule has 3 aliphatic rings. The summed E-state index contributed by atoms with van der Waals surface area (Å²) in [5.41, 5.74) is 4.04. The molecule has 11 nitrogen and oxygen atoms in total. The van der Waals surface area contributed by atoms with Gasteiger partial charge < -0.3 is 9.64 Å². The van der Waals surface area contributed by atoms with Crippen LogP contribution >= 0.6 is 11.8 Å². The van der Waals surface area contributed by atoms with Gasteiger partial charge in [0.1, 0.15) is 35.5 Å². The van der Waals surface area contributed by atoms with Crippen LogP contribution in [0, 0.1) is 6.92 Å². The molecule has 58 heavy (non-hydrogen) atoms. The maximum atomic E-state index is 14.4. The van der Waals surface area contributed by atoms with Crippen molar-refractivity contribution in [1.82, 2.24) is 15.1 Å². The number of aryl methyl sites for hydroxylation is 1. The third-order valence-electron chi connectivity index (χ3n) is 10.6. The zero-order valence-corrected chi connectivity index (χ0v) is 34.1. The van der Waals surface area contributed by atoms with E-state index in [1.165, 1.54) is 12.1 Å².